The molecule has 0 atom stereocenters. The maximum Gasteiger partial charge on any atom is 0.0635 e. The molecule has 2 aromatic rings. The van der Waals surface area contributed by atoms with Gasteiger partial charge in [0.15, 0.2) is 0 Å². The first-order valence-corrected chi connectivity index (χ1v) is 9.50. The molecule has 0 unspecified atom stereocenters. The van der Waals surface area contributed by atoms with Crippen LogP contribution >= 0.6 is 0 Å². The minimum absolute atomic E-state index is 0.00845. The predicted molar refractivity (Wildman–Crippen MR) is 115 cm³/mol. The maximum atomic E-state index is 9.11. The topological polar surface area (TPSA) is 57.3 Å². The van der Waals surface area contributed by atoms with Gasteiger partial charge in [-0.1, -0.05) is 24.3 Å². The fourth-order valence-corrected chi connectivity index (χ4v) is 3.28. The normalized spacial score (nSPS) is 10.6. The highest BCUT2D eigenvalue weighted by molar-refractivity contribution is 5.50. The average molecular weight is 376 g/mol. The van der Waals surface area contributed by atoms with Crippen molar-refractivity contribution in [3.05, 3.63) is 59.7 Å². The largest absolute Gasteiger partial charge is 0.378 e. The molecule has 0 saturated heterocycles. The van der Waals surface area contributed by atoms with E-state index >= 15 is 0 Å². The van der Waals surface area contributed by atoms with E-state index in [1.807, 2.05) is 28.2 Å². The van der Waals surface area contributed by atoms with Gasteiger partial charge in [-0.25, -0.2) is 0 Å². The van der Waals surface area contributed by atoms with Gasteiger partial charge in [0.1, 0.15) is 0 Å². The van der Waals surface area contributed by atoms with E-state index in [1.54, 1.807) is 0 Å². The molecule has 0 spiro atoms. The summed E-state index contributed by atoms with van der Waals surface area (Å²) in [7, 11) is 8.11. The molecule has 2 aromatic carbocycles. The summed E-state index contributed by atoms with van der Waals surface area (Å²) in [6.45, 7) is 1.27. The minimum Gasteiger partial charge on any atom is -0.378 e. The monoisotopic (exact) mass is 375 g/mol. The third-order valence-corrected chi connectivity index (χ3v) is 4.84. The molecule has 2 rings (SSSR count). The second-order valence-electron chi connectivity index (χ2n) is 7.23. The summed E-state index contributed by atoms with van der Waals surface area (Å²) in [5, 5.41) is 18.2. The highest BCUT2D eigenvalue weighted by Crippen LogP contribution is 2.31. The Bertz CT molecular complexity index is 741. The second kappa shape index (κ2) is 10.3. The van der Waals surface area contributed by atoms with Crippen LogP contribution in [0.1, 0.15) is 30.0 Å². The number of benzene rings is 2. The van der Waals surface area contributed by atoms with Crippen LogP contribution in [0.4, 0.5) is 11.4 Å². The van der Waals surface area contributed by atoms with Crippen molar-refractivity contribution in [3.8, 4) is 12.1 Å². The van der Waals surface area contributed by atoms with E-state index in [4.69, 9.17) is 10.5 Å². The Balaban J connectivity index is 2.46. The lowest BCUT2D eigenvalue weighted by molar-refractivity contribution is 0.235. The third-order valence-electron chi connectivity index (χ3n) is 4.84. The van der Waals surface area contributed by atoms with Crippen LogP contribution in [0.15, 0.2) is 48.5 Å². The van der Waals surface area contributed by atoms with E-state index in [9.17, 15) is 0 Å². The zero-order chi connectivity index (χ0) is 20.5. The van der Waals surface area contributed by atoms with Gasteiger partial charge >= 0.3 is 0 Å². The average Bonchev–Trinajstić information content (AvgIpc) is 2.70. The van der Waals surface area contributed by atoms with Gasteiger partial charge in [-0.15, -0.1) is 0 Å². The van der Waals surface area contributed by atoms with E-state index in [0.29, 0.717) is 25.9 Å². The molecule has 5 nitrogen and oxygen atoms in total. The molecule has 0 heterocycles. The molecule has 0 saturated carbocycles. The number of nitriles is 2. The molecule has 0 N–H and O–H groups in total. The summed E-state index contributed by atoms with van der Waals surface area (Å²) in [5.74, 6) is 0. The van der Waals surface area contributed by atoms with Crippen molar-refractivity contribution >= 4 is 11.4 Å². The molecule has 0 bridgehead atoms. The van der Waals surface area contributed by atoms with Crippen LogP contribution in [0, 0.1) is 22.7 Å². The SMILES string of the molecule is CN(C)c1ccc(C(c2ccc(N(C)C)cc2)N(CCC#N)CCC#N)cc1. The summed E-state index contributed by atoms with van der Waals surface area (Å²) in [6, 6.07) is 21.5. The van der Waals surface area contributed by atoms with Gasteiger partial charge in [0, 0.05) is 65.5 Å². The lowest BCUT2D eigenvalue weighted by atomic mass is 9.95. The minimum atomic E-state index is 0.00845. The van der Waals surface area contributed by atoms with Crippen molar-refractivity contribution < 1.29 is 0 Å². The fraction of sp³-hybridized carbons (Fsp3) is 0.391. The Morgan fingerprint density at radius 2 is 1.04 bits per heavy atom. The Morgan fingerprint density at radius 3 is 1.32 bits per heavy atom. The smallest absolute Gasteiger partial charge is 0.0635 e. The third kappa shape index (κ3) is 5.49. The molecule has 0 aliphatic heterocycles. The molecule has 0 amide bonds. The van der Waals surface area contributed by atoms with Crippen molar-refractivity contribution in [2.75, 3.05) is 51.1 Å². The second-order valence-corrected chi connectivity index (χ2v) is 7.23. The van der Waals surface area contributed by atoms with Crippen LogP contribution in [-0.4, -0.2) is 46.2 Å². The van der Waals surface area contributed by atoms with Gasteiger partial charge in [-0.2, -0.15) is 10.5 Å². The number of anilines is 2. The van der Waals surface area contributed by atoms with Gasteiger partial charge in [0.05, 0.1) is 18.2 Å². The first kappa shape index (κ1) is 21.3. The van der Waals surface area contributed by atoms with Crippen LogP contribution in [-0.2, 0) is 0 Å². The Morgan fingerprint density at radius 1 is 0.679 bits per heavy atom. The fourth-order valence-electron chi connectivity index (χ4n) is 3.28. The van der Waals surface area contributed by atoms with E-state index in [0.717, 1.165) is 11.4 Å². The van der Waals surface area contributed by atoms with Crippen molar-refractivity contribution in [1.82, 2.24) is 4.90 Å². The number of nitrogens with zero attached hydrogens (tertiary/aromatic N) is 5. The highest BCUT2D eigenvalue weighted by Gasteiger charge is 2.22. The van der Waals surface area contributed by atoms with Gasteiger partial charge in [-0.05, 0) is 35.4 Å². The summed E-state index contributed by atoms with van der Waals surface area (Å²) in [5.41, 5.74) is 4.62. The quantitative estimate of drug-likeness (QED) is 0.662. The zero-order valence-corrected chi connectivity index (χ0v) is 17.3. The van der Waals surface area contributed by atoms with Gasteiger partial charge in [0.25, 0.3) is 0 Å². The molecule has 5 heteroatoms. The standard InChI is InChI=1S/C23H29N5/c1-26(2)21-11-7-19(8-12-21)23(28(17-5-15-24)18-6-16-25)20-9-13-22(14-10-20)27(3)4/h7-14,23H,5-6,17-18H2,1-4H3. The van der Waals surface area contributed by atoms with Gasteiger partial charge in [-0.3, -0.25) is 4.90 Å². The van der Waals surface area contributed by atoms with Crippen LogP contribution in [0.2, 0.25) is 0 Å². The van der Waals surface area contributed by atoms with E-state index in [1.165, 1.54) is 11.1 Å². The molecule has 146 valence electrons. The molecule has 0 aliphatic carbocycles. The van der Waals surface area contributed by atoms with Crippen molar-refractivity contribution in [2.45, 2.75) is 18.9 Å². The number of hydrogen-bond donors (Lipinski definition) is 0. The lowest BCUT2D eigenvalue weighted by Crippen LogP contribution is -2.31. The van der Waals surface area contributed by atoms with Crippen molar-refractivity contribution in [3.63, 3.8) is 0 Å². The summed E-state index contributed by atoms with van der Waals surface area (Å²) in [6.07, 6.45) is 0.876. The molecule has 0 fully saturated rings. The Kier molecular flexibility index (Phi) is 7.87. The number of hydrogen-bond acceptors (Lipinski definition) is 5. The predicted octanol–water partition coefficient (Wildman–Crippen LogP) is 4.04. The summed E-state index contributed by atoms with van der Waals surface area (Å²) in [4.78, 5) is 6.39. The van der Waals surface area contributed by atoms with Crippen molar-refractivity contribution in [1.29, 1.82) is 10.5 Å². The van der Waals surface area contributed by atoms with Gasteiger partial charge < -0.3 is 9.80 Å². The zero-order valence-electron chi connectivity index (χ0n) is 17.3. The molecular formula is C23H29N5. The lowest BCUT2D eigenvalue weighted by Gasteiger charge is -2.32. The van der Waals surface area contributed by atoms with E-state index < -0.39 is 0 Å². The van der Waals surface area contributed by atoms with Crippen molar-refractivity contribution in [2.24, 2.45) is 0 Å². The maximum absolute atomic E-state index is 9.11. The van der Waals surface area contributed by atoms with E-state index in [2.05, 4.69) is 75.4 Å². The first-order chi connectivity index (χ1) is 13.5. The molecule has 0 aromatic heterocycles. The Labute approximate surface area is 169 Å². The summed E-state index contributed by atoms with van der Waals surface area (Å²) < 4.78 is 0. The molecule has 0 radical (unpaired) electrons. The number of rotatable bonds is 9. The van der Waals surface area contributed by atoms with Gasteiger partial charge in [0.2, 0.25) is 0 Å². The molecular weight excluding hydrogens is 346 g/mol. The van der Waals surface area contributed by atoms with E-state index in [-0.39, 0.29) is 6.04 Å². The molecule has 28 heavy (non-hydrogen) atoms. The summed E-state index contributed by atoms with van der Waals surface area (Å²) >= 11 is 0. The van der Waals surface area contributed by atoms with Crippen LogP contribution in [0.25, 0.3) is 0 Å². The highest BCUT2D eigenvalue weighted by atomic mass is 15.2. The molecule has 0 aliphatic rings. The Hall–Kier alpha value is -3.02. The first-order valence-electron chi connectivity index (χ1n) is 9.50. The van der Waals surface area contributed by atoms with Crippen LogP contribution < -0.4 is 9.80 Å². The van der Waals surface area contributed by atoms with Crippen LogP contribution in [0.5, 0.6) is 0 Å². The van der Waals surface area contributed by atoms with Crippen LogP contribution in [0.3, 0.4) is 0 Å².